The molecule has 2 nitrogen and oxygen atoms in total. The van der Waals surface area contributed by atoms with Crippen molar-refractivity contribution < 1.29 is 0 Å². The van der Waals surface area contributed by atoms with Gasteiger partial charge in [0.05, 0.1) is 0 Å². The number of nitrogens with one attached hydrogen (secondary N) is 1. The zero-order chi connectivity index (χ0) is 11.1. The molecule has 0 saturated heterocycles. The molecular weight excluding hydrogens is 204 g/mol. The topological polar surface area (TPSA) is 15.3 Å². The van der Waals surface area contributed by atoms with E-state index in [1.807, 2.05) is 7.05 Å². The normalized spacial score (nSPS) is 13.3. The number of hydrogen-bond acceptors (Lipinski definition) is 3. The van der Waals surface area contributed by atoms with Crippen molar-refractivity contribution in [2.75, 3.05) is 20.6 Å². The molecule has 1 atom stereocenters. The van der Waals surface area contributed by atoms with E-state index in [2.05, 4.69) is 41.0 Å². The van der Waals surface area contributed by atoms with Crippen LogP contribution in [0.2, 0.25) is 0 Å². The van der Waals surface area contributed by atoms with Crippen LogP contribution in [0.4, 0.5) is 0 Å². The predicted molar refractivity (Wildman–Crippen MR) is 68.4 cm³/mol. The van der Waals surface area contributed by atoms with E-state index in [0.29, 0.717) is 6.04 Å². The maximum Gasteiger partial charge on any atom is 0.0241 e. The van der Waals surface area contributed by atoms with Crippen LogP contribution in [-0.2, 0) is 6.54 Å². The summed E-state index contributed by atoms with van der Waals surface area (Å²) in [7, 11) is 4.22. The van der Waals surface area contributed by atoms with Gasteiger partial charge in [-0.1, -0.05) is 0 Å². The third-order valence-electron chi connectivity index (χ3n) is 2.81. The summed E-state index contributed by atoms with van der Waals surface area (Å²) in [4.78, 5) is 2.43. The predicted octanol–water partition coefficient (Wildman–Crippen LogP) is 2.57. The monoisotopic (exact) mass is 226 g/mol. The number of nitrogens with zero attached hydrogens (tertiary/aromatic N) is 1. The molecule has 0 radical (unpaired) electrons. The molecule has 0 bridgehead atoms. The zero-order valence-electron chi connectivity index (χ0n) is 9.99. The highest BCUT2D eigenvalue weighted by molar-refractivity contribution is 7.07. The maximum absolute atomic E-state index is 3.19. The van der Waals surface area contributed by atoms with Crippen molar-refractivity contribution in [2.24, 2.45) is 0 Å². The van der Waals surface area contributed by atoms with Gasteiger partial charge in [0.1, 0.15) is 0 Å². The van der Waals surface area contributed by atoms with Crippen molar-refractivity contribution in [1.29, 1.82) is 0 Å². The van der Waals surface area contributed by atoms with Crippen LogP contribution < -0.4 is 5.32 Å². The van der Waals surface area contributed by atoms with Gasteiger partial charge in [0.2, 0.25) is 0 Å². The van der Waals surface area contributed by atoms with Crippen LogP contribution in [0.15, 0.2) is 16.8 Å². The molecule has 86 valence electrons. The maximum atomic E-state index is 3.19. The molecule has 0 amide bonds. The van der Waals surface area contributed by atoms with E-state index in [-0.39, 0.29) is 0 Å². The van der Waals surface area contributed by atoms with Crippen molar-refractivity contribution in [3.63, 3.8) is 0 Å². The minimum atomic E-state index is 0.665. The lowest BCUT2D eigenvalue weighted by Gasteiger charge is -2.24. The Hall–Kier alpha value is -0.380. The molecule has 0 aliphatic carbocycles. The van der Waals surface area contributed by atoms with E-state index in [1.54, 1.807) is 11.3 Å². The Balaban J connectivity index is 2.23. The first kappa shape index (κ1) is 12.7. The Bertz CT molecular complexity index is 246. The molecule has 1 aromatic heterocycles. The second-order valence-corrected chi connectivity index (χ2v) is 4.92. The molecule has 0 saturated carbocycles. The van der Waals surface area contributed by atoms with Gasteiger partial charge in [0, 0.05) is 12.6 Å². The smallest absolute Gasteiger partial charge is 0.0241 e. The van der Waals surface area contributed by atoms with E-state index in [4.69, 9.17) is 0 Å². The SMILES string of the molecule is CNCCCC(C)N(C)Cc1ccsc1. The van der Waals surface area contributed by atoms with Crippen molar-refractivity contribution in [3.8, 4) is 0 Å². The van der Waals surface area contributed by atoms with Crippen LogP contribution >= 0.6 is 11.3 Å². The lowest BCUT2D eigenvalue weighted by molar-refractivity contribution is 0.235. The number of rotatable bonds is 7. The Morgan fingerprint density at radius 3 is 2.93 bits per heavy atom. The lowest BCUT2D eigenvalue weighted by Crippen LogP contribution is -2.29. The highest BCUT2D eigenvalue weighted by atomic mass is 32.1. The van der Waals surface area contributed by atoms with Gasteiger partial charge < -0.3 is 5.32 Å². The largest absolute Gasteiger partial charge is 0.320 e. The minimum absolute atomic E-state index is 0.665. The van der Waals surface area contributed by atoms with Gasteiger partial charge in [-0.15, -0.1) is 0 Å². The van der Waals surface area contributed by atoms with Crippen molar-refractivity contribution in [3.05, 3.63) is 22.4 Å². The van der Waals surface area contributed by atoms with Crippen LogP contribution in [-0.4, -0.2) is 31.6 Å². The van der Waals surface area contributed by atoms with E-state index in [9.17, 15) is 0 Å². The van der Waals surface area contributed by atoms with Gasteiger partial charge >= 0.3 is 0 Å². The Labute approximate surface area is 97.3 Å². The van der Waals surface area contributed by atoms with E-state index in [1.165, 1.54) is 18.4 Å². The van der Waals surface area contributed by atoms with Crippen LogP contribution in [0, 0.1) is 0 Å². The Kier molecular flexibility index (Phi) is 5.91. The summed E-state index contributed by atoms with van der Waals surface area (Å²) in [5, 5.41) is 7.57. The molecule has 1 unspecified atom stereocenters. The molecule has 3 heteroatoms. The summed E-state index contributed by atoms with van der Waals surface area (Å²) in [6, 6.07) is 2.87. The first-order chi connectivity index (χ1) is 7.24. The van der Waals surface area contributed by atoms with Gasteiger partial charge in [0.15, 0.2) is 0 Å². The molecule has 0 fully saturated rings. The van der Waals surface area contributed by atoms with Gasteiger partial charge in [-0.2, -0.15) is 11.3 Å². The highest BCUT2D eigenvalue weighted by Crippen LogP contribution is 2.12. The summed E-state index contributed by atoms with van der Waals surface area (Å²) in [5.74, 6) is 0. The quantitative estimate of drug-likeness (QED) is 0.719. The Morgan fingerprint density at radius 1 is 1.53 bits per heavy atom. The Morgan fingerprint density at radius 2 is 2.33 bits per heavy atom. The average Bonchev–Trinajstić information content (AvgIpc) is 2.70. The van der Waals surface area contributed by atoms with E-state index < -0.39 is 0 Å². The van der Waals surface area contributed by atoms with Crippen molar-refractivity contribution >= 4 is 11.3 Å². The third kappa shape index (κ3) is 4.78. The zero-order valence-corrected chi connectivity index (χ0v) is 10.8. The second kappa shape index (κ2) is 6.99. The first-order valence-corrected chi connectivity index (χ1v) is 6.54. The average molecular weight is 226 g/mol. The number of hydrogen-bond donors (Lipinski definition) is 1. The molecule has 1 heterocycles. The molecular formula is C12H22N2S. The molecule has 1 N–H and O–H groups in total. The molecule has 0 aromatic carbocycles. The lowest BCUT2D eigenvalue weighted by atomic mass is 10.1. The first-order valence-electron chi connectivity index (χ1n) is 5.60. The highest BCUT2D eigenvalue weighted by Gasteiger charge is 2.08. The van der Waals surface area contributed by atoms with Crippen LogP contribution in [0.1, 0.15) is 25.3 Å². The van der Waals surface area contributed by atoms with Crippen molar-refractivity contribution in [1.82, 2.24) is 10.2 Å². The van der Waals surface area contributed by atoms with E-state index in [0.717, 1.165) is 13.1 Å². The van der Waals surface area contributed by atoms with Gasteiger partial charge in [-0.05, 0) is 62.8 Å². The van der Waals surface area contributed by atoms with Crippen LogP contribution in [0.5, 0.6) is 0 Å². The van der Waals surface area contributed by atoms with Crippen LogP contribution in [0.25, 0.3) is 0 Å². The van der Waals surface area contributed by atoms with Crippen molar-refractivity contribution in [2.45, 2.75) is 32.4 Å². The third-order valence-corrected chi connectivity index (χ3v) is 3.55. The fourth-order valence-electron chi connectivity index (χ4n) is 1.62. The molecule has 1 aromatic rings. The molecule has 0 spiro atoms. The van der Waals surface area contributed by atoms with E-state index >= 15 is 0 Å². The standard InChI is InChI=1S/C12H22N2S/c1-11(5-4-7-13-2)14(3)9-12-6-8-15-10-12/h6,8,10-11,13H,4-5,7,9H2,1-3H3. The fourth-order valence-corrected chi connectivity index (χ4v) is 2.28. The fraction of sp³-hybridized carbons (Fsp3) is 0.667. The summed E-state index contributed by atoms with van der Waals surface area (Å²) in [6.07, 6.45) is 2.52. The van der Waals surface area contributed by atoms with Gasteiger partial charge in [0.25, 0.3) is 0 Å². The summed E-state index contributed by atoms with van der Waals surface area (Å²) >= 11 is 1.78. The van der Waals surface area contributed by atoms with Crippen LogP contribution in [0.3, 0.4) is 0 Å². The molecule has 15 heavy (non-hydrogen) atoms. The molecule has 0 aliphatic heterocycles. The second-order valence-electron chi connectivity index (χ2n) is 4.14. The summed E-state index contributed by atoms with van der Waals surface area (Å²) in [5.41, 5.74) is 1.43. The molecule has 1 rings (SSSR count). The summed E-state index contributed by atoms with van der Waals surface area (Å²) < 4.78 is 0. The molecule has 0 aliphatic rings. The summed E-state index contributed by atoms with van der Waals surface area (Å²) in [6.45, 7) is 4.50. The minimum Gasteiger partial charge on any atom is -0.320 e. The van der Waals surface area contributed by atoms with Gasteiger partial charge in [-0.25, -0.2) is 0 Å². The van der Waals surface area contributed by atoms with Gasteiger partial charge in [-0.3, -0.25) is 4.90 Å². The number of thiophene rings is 1.